The van der Waals surface area contributed by atoms with Gasteiger partial charge in [-0.1, -0.05) is 19.4 Å². The molecule has 2 nitrogen and oxygen atoms in total. The number of carbonyl (C=O) groups is 1. The Hall–Kier alpha value is -0.790. The minimum absolute atomic E-state index is 0.164. The van der Waals surface area contributed by atoms with Crippen LogP contribution in [-0.2, 0) is 9.53 Å². The third kappa shape index (κ3) is 1.77. The van der Waals surface area contributed by atoms with Crippen LogP contribution in [0.25, 0.3) is 0 Å². The third-order valence-corrected chi connectivity index (χ3v) is 3.15. The second-order valence-corrected chi connectivity index (χ2v) is 4.15. The Bertz CT molecular complexity index is 208. The van der Waals surface area contributed by atoms with Crippen molar-refractivity contribution in [3.8, 4) is 0 Å². The summed E-state index contributed by atoms with van der Waals surface area (Å²) in [7, 11) is 0. The van der Waals surface area contributed by atoms with E-state index in [-0.39, 0.29) is 12.1 Å². The highest BCUT2D eigenvalue weighted by Crippen LogP contribution is 2.34. The number of carbonyl (C=O) groups excluding carboxylic acids is 1. The summed E-state index contributed by atoms with van der Waals surface area (Å²) in [5, 5.41) is 0. The van der Waals surface area contributed by atoms with Crippen molar-refractivity contribution in [1.82, 2.24) is 0 Å². The van der Waals surface area contributed by atoms with E-state index in [4.69, 9.17) is 4.74 Å². The summed E-state index contributed by atoms with van der Waals surface area (Å²) in [5.41, 5.74) is 0.670. The SMILES string of the molecule is C=C1C[C@H]2CCCCC[C@H]2OC1=O. The van der Waals surface area contributed by atoms with E-state index in [0.717, 1.165) is 12.8 Å². The number of hydrogen-bond acceptors (Lipinski definition) is 2. The molecule has 2 rings (SSSR count). The fraction of sp³-hybridized carbons (Fsp3) is 0.727. The van der Waals surface area contributed by atoms with Crippen molar-refractivity contribution in [3.05, 3.63) is 12.2 Å². The minimum Gasteiger partial charge on any atom is -0.459 e. The van der Waals surface area contributed by atoms with E-state index < -0.39 is 0 Å². The average molecular weight is 180 g/mol. The van der Waals surface area contributed by atoms with E-state index in [1.165, 1.54) is 25.7 Å². The van der Waals surface area contributed by atoms with Gasteiger partial charge in [0, 0.05) is 11.5 Å². The summed E-state index contributed by atoms with van der Waals surface area (Å²) < 4.78 is 5.34. The minimum atomic E-state index is -0.164. The Morgan fingerprint density at radius 1 is 1.23 bits per heavy atom. The first-order valence-corrected chi connectivity index (χ1v) is 5.16. The first kappa shape index (κ1) is 8.79. The smallest absolute Gasteiger partial charge is 0.333 e. The lowest BCUT2D eigenvalue weighted by molar-refractivity contribution is -0.151. The molecule has 0 aromatic carbocycles. The van der Waals surface area contributed by atoms with Crippen molar-refractivity contribution < 1.29 is 9.53 Å². The Kier molecular flexibility index (Phi) is 2.38. The molecule has 2 aliphatic rings. The van der Waals surface area contributed by atoms with E-state index in [0.29, 0.717) is 11.5 Å². The maximum absolute atomic E-state index is 11.2. The van der Waals surface area contributed by atoms with Crippen molar-refractivity contribution in [2.24, 2.45) is 5.92 Å². The van der Waals surface area contributed by atoms with Gasteiger partial charge in [-0.2, -0.15) is 0 Å². The molecule has 0 amide bonds. The van der Waals surface area contributed by atoms with Gasteiger partial charge < -0.3 is 4.74 Å². The lowest BCUT2D eigenvalue weighted by Gasteiger charge is -2.30. The highest BCUT2D eigenvalue weighted by atomic mass is 16.5. The number of fused-ring (bicyclic) bond motifs is 1. The Morgan fingerprint density at radius 2 is 2.00 bits per heavy atom. The molecule has 2 atom stereocenters. The van der Waals surface area contributed by atoms with Crippen LogP contribution in [0.4, 0.5) is 0 Å². The summed E-state index contributed by atoms with van der Waals surface area (Å²) in [4.78, 5) is 11.2. The Labute approximate surface area is 79.0 Å². The number of hydrogen-bond donors (Lipinski definition) is 0. The summed E-state index contributed by atoms with van der Waals surface area (Å²) in [6.07, 6.45) is 7.11. The maximum atomic E-state index is 11.2. The van der Waals surface area contributed by atoms with Crippen LogP contribution in [0.15, 0.2) is 12.2 Å². The first-order chi connectivity index (χ1) is 6.27. The van der Waals surface area contributed by atoms with Gasteiger partial charge in [0.25, 0.3) is 0 Å². The van der Waals surface area contributed by atoms with E-state index in [1.54, 1.807) is 0 Å². The predicted molar refractivity (Wildman–Crippen MR) is 50.2 cm³/mol. The van der Waals surface area contributed by atoms with Gasteiger partial charge in [0.2, 0.25) is 0 Å². The molecule has 0 bridgehead atoms. The molecule has 1 aliphatic heterocycles. The van der Waals surface area contributed by atoms with Crippen molar-refractivity contribution in [2.75, 3.05) is 0 Å². The van der Waals surface area contributed by atoms with Gasteiger partial charge in [-0.3, -0.25) is 0 Å². The Morgan fingerprint density at radius 3 is 2.85 bits per heavy atom. The fourth-order valence-electron chi connectivity index (χ4n) is 2.36. The van der Waals surface area contributed by atoms with Crippen molar-refractivity contribution >= 4 is 5.97 Å². The standard InChI is InChI=1S/C11H16O2/c1-8-7-9-5-3-2-4-6-10(9)13-11(8)12/h9-10H,1-7H2/t9-,10-/m1/s1. The molecular weight excluding hydrogens is 164 g/mol. The molecule has 0 spiro atoms. The number of esters is 1. The number of ether oxygens (including phenoxy) is 1. The molecule has 1 saturated heterocycles. The molecule has 1 heterocycles. The van der Waals surface area contributed by atoms with Crippen LogP contribution in [0.5, 0.6) is 0 Å². The van der Waals surface area contributed by atoms with Gasteiger partial charge in [-0.05, 0) is 25.7 Å². The molecule has 13 heavy (non-hydrogen) atoms. The normalized spacial score (nSPS) is 34.8. The molecule has 0 unspecified atom stereocenters. The van der Waals surface area contributed by atoms with E-state index in [9.17, 15) is 4.79 Å². The fourth-order valence-corrected chi connectivity index (χ4v) is 2.36. The zero-order valence-corrected chi connectivity index (χ0v) is 7.92. The molecular formula is C11H16O2. The maximum Gasteiger partial charge on any atom is 0.333 e. The molecule has 0 aromatic rings. The number of rotatable bonds is 0. The summed E-state index contributed by atoms with van der Waals surface area (Å²) >= 11 is 0. The quantitative estimate of drug-likeness (QED) is 0.423. The molecule has 72 valence electrons. The summed E-state index contributed by atoms with van der Waals surface area (Å²) in [6, 6.07) is 0. The van der Waals surface area contributed by atoms with Gasteiger partial charge >= 0.3 is 5.97 Å². The predicted octanol–water partition coefficient (Wildman–Crippen LogP) is 2.44. The lowest BCUT2D eigenvalue weighted by Crippen LogP contribution is -2.32. The molecule has 2 heteroatoms. The van der Waals surface area contributed by atoms with Gasteiger partial charge in [0.05, 0.1) is 0 Å². The molecule has 2 fully saturated rings. The molecule has 0 aromatic heterocycles. The van der Waals surface area contributed by atoms with Crippen LogP contribution in [0, 0.1) is 5.92 Å². The largest absolute Gasteiger partial charge is 0.459 e. The molecule has 1 saturated carbocycles. The van der Waals surface area contributed by atoms with Crippen LogP contribution in [0.2, 0.25) is 0 Å². The second-order valence-electron chi connectivity index (χ2n) is 4.15. The molecule has 1 aliphatic carbocycles. The third-order valence-electron chi connectivity index (χ3n) is 3.15. The van der Waals surface area contributed by atoms with Gasteiger partial charge in [0.1, 0.15) is 6.10 Å². The Balaban J connectivity index is 2.07. The van der Waals surface area contributed by atoms with Crippen molar-refractivity contribution in [3.63, 3.8) is 0 Å². The van der Waals surface area contributed by atoms with Crippen LogP contribution < -0.4 is 0 Å². The molecule has 0 radical (unpaired) electrons. The zero-order valence-electron chi connectivity index (χ0n) is 7.92. The van der Waals surface area contributed by atoms with Gasteiger partial charge in [0.15, 0.2) is 0 Å². The van der Waals surface area contributed by atoms with Gasteiger partial charge in [-0.25, -0.2) is 4.79 Å². The van der Waals surface area contributed by atoms with E-state index in [1.807, 2.05) is 0 Å². The van der Waals surface area contributed by atoms with Crippen LogP contribution in [0.3, 0.4) is 0 Å². The summed E-state index contributed by atoms with van der Waals surface area (Å²) in [6.45, 7) is 3.74. The monoisotopic (exact) mass is 180 g/mol. The zero-order chi connectivity index (χ0) is 9.26. The van der Waals surface area contributed by atoms with Crippen LogP contribution in [0.1, 0.15) is 38.5 Å². The topological polar surface area (TPSA) is 26.3 Å². The average Bonchev–Trinajstić information content (AvgIpc) is 2.31. The van der Waals surface area contributed by atoms with Gasteiger partial charge in [-0.15, -0.1) is 0 Å². The lowest BCUT2D eigenvalue weighted by atomic mass is 9.88. The first-order valence-electron chi connectivity index (χ1n) is 5.16. The van der Waals surface area contributed by atoms with Crippen LogP contribution in [-0.4, -0.2) is 12.1 Å². The highest BCUT2D eigenvalue weighted by Gasteiger charge is 2.33. The van der Waals surface area contributed by atoms with Crippen molar-refractivity contribution in [2.45, 2.75) is 44.6 Å². The van der Waals surface area contributed by atoms with Crippen LogP contribution >= 0.6 is 0 Å². The van der Waals surface area contributed by atoms with E-state index >= 15 is 0 Å². The molecule has 0 N–H and O–H groups in total. The second kappa shape index (κ2) is 3.52. The van der Waals surface area contributed by atoms with Crippen molar-refractivity contribution in [1.29, 1.82) is 0 Å². The van der Waals surface area contributed by atoms with E-state index in [2.05, 4.69) is 6.58 Å². The summed E-state index contributed by atoms with van der Waals surface area (Å²) in [5.74, 6) is 0.399. The highest BCUT2D eigenvalue weighted by molar-refractivity contribution is 5.88.